The minimum atomic E-state index is 0.308. The Hall–Kier alpha value is -1.58. The van der Waals surface area contributed by atoms with Gasteiger partial charge < -0.3 is 11.1 Å². The van der Waals surface area contributed by atoms with Crippen molar-refractivity contribution in [3.05, 3.63) is 64.2 Å². The molecule has 21 heavy (non-hydrogen) atoms. The molecule has 2 aromatic carbocycles. The largest absolute Gasteiger partial charge is 0.389 e. The number of benzene rings is 2. The molecular weight excluding hydrogens is 300 g/mol. The second kappa shape index (κ2) is 6.04. The molecule has 0 saturated heterocycles. The summed E-state index contributed by atoms with van der Waals surface area (Å²) in [5.74, 6) is 0. The third-order valence-electron chi connectivity index (χ3n) is 3.95. The van der Waals surface area contributed by atoms with Gasteiger partial charge in [0, 0.05) is 5.56 Å². The highest BCUT2D eigenvalue weighted by atomic mass is 35.5. The summed E-state index contributed by atoms with van der Waals surface area (Å²) in [6.45, 7) is 0. The summed E-state index contributed by atoms with van der Waals surface area (Å²) in [6, 6.07) is 14.6. The van der Waals surface area contributed by atoms with Gasteiger partial charge in [-0.3, -0.25) is 0 Å². The molecule has 2 aromatic rings. The maximum atomic E-state index is 6.34. The van der Waals surface area contributed by atoms with Gasteiger partial charge in [-0.05, 0) is 48.6 Å². The fourth-order valence-corrected chi connectivity index (χ4v) is 3.24. The highest BCUT2D eigenvalue weighted by Gasteiger charge is 2.20. The first-order chi connectivity index (χ1) is 10.1. The molecule has 0 aliphatic heterocycles. The van der Waals surface area contributed by atoms with E-state index in [9.17, 15) is 0 Å². The summed E-state index contributed by atoms with van der Waals surface area (Å²) in [4.78, 5) is 0.367. The lowest BCUT2D eigenvalue weighted by Crippen LogP contribution is -2.17. The van der Waals surface area contributed by atoms with Crippen LogP contribution < -0.4 is 11.1 Å². The standard InChI is InChI=1S/C17H17ClN2S/c18-14-10-12(17(19)21)8-9-16(14)20-15-7-3-5-11-4-1-2-6-13(11)15/h1-2,4,6,8-10,15,20H,3,5,7H2,(H2,19,21). The molecule has 1 atom stereocenters. The number of anilines is 1. The molecule has 1 aliphatic rings. The predicted octanol–water partition coefficient (Wildman–Crippen LogP) is 4.46. The fourth-order valence-electron chi connectivity index (χ4n) is 2.88. The second-order valence-corrected chi connectivity index (χ2v) is 6.19. The molecule has 3 N–H and O–H groups in total. The molecule has 2 nitrogen and oxygen atoms in total. The van der Waals surface area contributed by atoms with Crippen LogP contribution in [-0.4, -0.2) is 4.99 Å². The van der Waals surface area contributed by atoms with Crippen molar-refractivity contribution in [1.29, 1.82) is 0 Å². The zero-order valence-corrected chi connectivity index (χ0v) is 13.2. The van der Waals surface area contributed by atoms with Crippen molar-refractivity contribution >= 4 is 34.5 Å². The van der Waals surface area contributed by atoms with Crippen LogP contribution in [0.5, 0.6) is 0 Å². The number of nitrogens with one attached hydrogen (secondary N) is 1. The molecule has 3 rings (SSSR count). The highest BCUT2D eigenvalue weighted by molar-refractivity contribution is 7.80. The van der Waals surface area contributed by atoms with Gasteiger partial charge in [0.05, 0.1) is 16.8 Å². The third-order valence-corrected chi connectivity index (χ3v) is 4.50. The van der Waals surface area contributed by atoms with Gasteiger partial charge in [0.2, 0.25) is 0 Å². The summed E-state index contributed by atoms with van der Waals surface area (Å²) >= 11 is 11.3. The topological polar surface area (TPSA) is 38.0 Å². The van der Waals surface area contributed by atoms with Crippen LogP contribution in [0.1, 0.15) is 35.6 Å². The summed E-state index contributed by atoms with van der Waals surface area (Å²) in [6.07, 6.45) is 3.46. The van der Waals surface area contributed by atoms with Crippen LogP contribution in [0.3, 0.4) is 0 Å². The SMILES string of the molecule is NC(=S)c1ccc(NC2CCCc3ccccc32)c(Cl)c1. The Morgan fingerprint density at radius 1 is 1.24 bits per heavy atom. The number of halogens is 1. The molecule has 0 aromatic heterocycles. The zero-order valence-electron chi connectivity index (χ0n) is 11.6. The Balaban J connectivity index is 1.86. The monoisotopic (exact) mass is 316 g/mol. The Bertz CT molecular complexity index is 684. The molecule has 4 heteroatoms. The average Bonchev–Trinajstić information content (AvgIpc) is 2.49. The molecular formula is C17H17ClN2S. The van der Waals surface area contributed by atoms with Gasteiger partial charge in [-0.1, -0.05) is 48.1 Å². The molecule has 0 heterocycles. The fraction of sp³-hybridized carbons (Fsp3) is 0.235. The number of nitrogens with two attached hydrogens (primary N) is 1. The number of hydrogen-bond donors (Lipinski definition) is 2. The molecule has 0 bridgehead atoms. The summed E-state index contributed by atoms with van der Waals surface area (Å²) in [7, 11) is 0. The smallest absolute Gasteiger partial charge is 0.104 e. The van der Waals surface area contributed by atoms with E-state index in [-0.39, 0.29) is 0 Å². The number of thiocarbonyl (C=S) groups is 1. The number of hydrogen-bond acceptors (Lipinski definition) is 2. The molecule has 0 radical (unpaired) electrons. The van der Waals surface area contributed by atoms with E-state index < -0.39 is 0 Å². The van der Waals surface area contributed by atoms with Gasteiger partial charge in [-0.2, -0.15) is 0 Å². The Kier molecular flexibility index (Phi) is 4.13. The van der Waals surface area contributed by atoms with Crippen LogP contribution in [0.25, 0.3) is 0 Å². The van der Waals surface area contributed by atoms with E-state index >= 15 is 0 Å². The van der Waals surface area contributed by atoms with Crippen LogP contribution >= 0.6 is 23.8 Å². The van der Waals surface area contributed by atoms with E-state index in [0.717, 1.165) is 24.1 Å². The molecule has 0 amide bonds. The van der Waals surface area contributed by atoms with E-state index in [0.29, 0.717) is 16.1 Å². The average molecular weight is 317 g/mol. The summed E-state index contributed by atoms with van der Waals surface area (Å²) in [5.41, 5.74) is 10.2. The number of rotatable bonds is 3. The lowest BCUT2D eigenvalue weighted by molar-refractivity contribution is 0.600. The molecule has 0 saturated carbocycles. The van der Waals surface area contributed by atoms with Gasteiger partial charge in [-0.15, -0.1) is 0 Å². The minimum absolute atomic E-state index is 0.308. The Labute approximate surface area is 135 Å². The number of aryl methyl sites for hydroxylation is 1. The third kappa shape index (κ3) is 3.04. The predicted molar refractivity (Wildman–Crippen MR) is 93.1 cm³/mol. The van der Waals surface area contributed by atoms with E-state index in [1.54, 1.807) is 0 Å². The van der Waals surface area contributed by atoms with Crippen LogP contribution in [0.15, 0.2) is 42.5 Å². The van der Waals surface area contributed by atoms with Crippen molar-refractivity contribution in [3.63, 3.8) is 0 Å². The minimum Gasteiger partial charge on any atom is -0.389 e. The molecule has 1 aliphatic carbocycles. The second-order valence-electron chi connectivity index (χ2n) is 5.35. The Morgan fingerprint density at radius 2 is 2.05 bits per heavy atom. The van der Waals surface area contributed by atoms with Crippen LogP contribution in [0.4, 0.5) is 5.69 Å². The normalized spacial score (nSPS) is 17.1. The first kappa shape index (κ1) is 14.4. The van der Waals surface area contributed by atoms with Gasteiger partial charge in [-0.25, -0.2) is 0 Å². The van der Waals surface area contributed by atoms with Crippen LogP contribution in [0.2, 0.25) is 5.02 Å². The van der Waals surface area contributed by atoms with Crippen LogP contribution in [0, 0.1) is 0 Å². The van der Waals surface area contributed by atoms with Crippen molar-refractivity contribution in [2.24, 2.45) is 5.73 Å². The van der Waals surface area contributed by atoms with Crippen molar-refractivity contribution in [1.82, 2.24) is 0 Å². The van der Waals surface area contributed by atoms with Gasteiger partial charge in [0.1, 0.15) is 4.99 Å². The first-order valence-electron chi connectivity index (χ1n) is 7.09. The van der Waals surface area contributed by atoms with Crippen molar-refractivity contribution in [2.45, 2.75) is 25.3 Å². The lowest BCUT2D eigenvalue weighted by atomic mass is 9.87. The molecule has 0 spiro atoms. The van der Waals surface area contributed by atoms with E-state index in [1.165, 1.54) is 17.5 Å². The quantitative estimate of drug-likeness (QED) is 0.821. The maximum Gasteiger partial charge on any atom is 0.104 e. The molecule has 1 unspecified atom stereocenters. The van der Waals surface area contributed by atoms with Crippen molar-refractivity contribution in [2.75, 3.05) is 5.32 Å². The van der Waals surface area contributed by atoms with Gasteiger partial charge in [0.15, 0.2) is 0 Å². The molecule has 108 valence electrons. The molecule has 0 fully saturated rings. The van der Waals surface area contributed by atoms with Crippen LogP contribution in [-0.2, 0) is 6.42 Å². The summed E-state index contributed by atoms with van der Waals surface area (Å²) in [5, 5.41) is 4.21. The lowest BCUT2D eigenvalue weighted by Gasteiger charge is -2.27. The first-order valence-corrected chi connectivity index (χ1v) is 7.87. The van der Waals surface area contributed by atoms with Crippen molar-refractivity contribution in [3.8, 4) is 0 Å². The van der Waals surface area contributed by atoms with Gasteiger partial charge in [0.25, 0.3) is 0 Å². The van der Waals surface area contributed by atoms with E-state index in [1.807, 2.05) is 18.2 Å². The Morgan fingerprint density at radius 3 is 2.81 bits per heavy atom. The summed E-state index contributed by atoms with van der Waals surface area (Å²) < 4.78 is 0. The van der Waals surface area contributed by atoms with E-state index in [2.05, 4.69) is 29.6 Å². The maximum absolute atomic E-state index is 6.34. The zero-order chi connectivity index (χ0) is 14.8. The van der Waals surface area contributed by atoms with E-state index in [4.69, 9.17) is 29.6 Å². The highest BCUT2D eigenvalue weighted by Crippen LogP contribution is 2.34. The van der Waals surface area contributed by atoms with Gasteiger partial charge >= 0.3 is 0 Å². The number of fused-ring (bicyclic) bond motifs is 1. The van der Waals surface area contributed by atoms with Crippen molar-refractivity contribution < 1.29 is 0 Å².